The molecule has 1 rings (SSSR count). The van der Waals surface area contributed by atoms with Gasteiger partial charge in [-0.25, -0.2) is 13.8 Å². The minimum Gasteiger partial charge on any atom is -0.496 e. The zero-order chi connectivity index (χ0) is 11.4. The second-order valence-electron chi connectivity index (χ2n) is 2.67. The maximum Gasteiger partial charge on any atom is 0.268 e. The van der Waals surface area contributed by atoms with Crippen molar-refractivity contribution in [3.8, 4) is 11.6 Å². The van der Waals surface area contributed by atoms with Gasteiger partial charge in [0.25, 0.3) is 6.43 Å². The number of nitrogens with zero attached hydrogens (tertiary/aromatic N) is 1. The molecule has 3 nitrogen and oxygen atoms in total. The van der Waals surface area contributed by atoms with Crippen LogP contribution in [-0.2, 0) is 5.33 Å². The highest BCUT2D eigenvalue weighted by molar-refractivity contribution is 9.08. The van der Waals surface area contributed by atoms with Crippen LogP contribution in [0.2, 0.25) is 0 Å². The molecule has 0 radical (unpaired) electrons. The lowest BCUT2D eigenvalue weighted by molar-refractivity contribution is 0.146. The highest BCUT2D eigenvalue weighted by atomic mass is 79.9. The van der Waals surface area contributed by atoms with Crippen molar-refractivity contribution < 1.29 is 18.3 Å². The summed E-state index contributed by atoms with van der Waals surface area (Å²) in [6.45, 7) is 0. The van der Waals surface area contributed by atoms with Crippen LogP contribution in [0.5, 0.6) is 11.6 Å². The van der Waals surface area contributed by atoms with Crippen molar-refractivity contribution in [3.05, 3.63) is 17.3 Å². The number of aromatic nitrogens is 1. The average Bonchev–Trinajstić information content (AvgIpc) is 2.26. The molecular formula is C9H10BrF2NO2. The van der Waals surface area contributed by atoms with Gasteiger partial charge in [0.15, 0.2) is 0 Å². The Morgan fingerprint density at radius 2 is 2.07 bits per heavy atom. The standard InChI is InChI=1S/C9H10BrF2NO2/c1-14-7-5(3-10)9(15-2)13-4-6(7)8(11)12/h4,8H,3H2,1-2H3. The van der Waals surface area contributed by atoms with Crippen molar-refractivity contribution in [1.82, 2.24) is 4.98 Å². The van der Waals surface area contributed by atoms with E-state index in [4.69, 9.17) is 9.47 Å². The fourth-order valence-electron chi connectivity index (χ4n) is 1.23. The molecular weight excluding hydrogens is 272 g/mol. The van der Waals surface area contributed by atoms with E-state index in [1.54, 1.807) is 0 Å². The summed E-state index contributed by atoms with van der Waals surface area (Å²) in [5.41, 5.74) is 0.255. The van der Waals surface area contributed by atoms with Crippen molar-refractivity contribution in [2.45, 2.75) is 11.8 Å². The van der Waals surface area contributed by atoms with Crippen LogP contribution >= 0.6 is 15.9 Å². The number of alkyl halides is 3. The largest absolute Gasteiger partial charge is 0.496 e. The molecule has 0 fully saturated rings. The monoisotopic (exact) mass is 281 g/mol. The molecule has 0 saturated heterocycles. The molecule has 0 N–H and O–H groups in total. The Labute approximate surface area is 94.5 Å². The number of hydrogen-bond donors (Lipinski definition) is 0. The van der Waals surface area contributed by atoms with Crippen molar-refractivity contribution >= 4 is 15.9 Å². The molecule has 15 heavy (non-hydrogen) atoms. The first-order valence-corrected chi connectivity index (χ1v) is 5.21. The second-order valence-corrected chi connectivity index (χ2v) is 3.23. The predicted molar refractivity (Wildman–Crippen MR) is 54.9 cm³/mol. The molecule has 0 bridgehead atoms. The van der Waals surface area contributed by atoms with Gasteiger partial charge in [0.1, 0.15) is 5.75 Å². The van der Waals surface area contributed by atoms with Gasteiger partial charge in [-0.05, 0) is 0 Å². The molecule has 0 spiro atoms. The van der Waals surface area contributed by atoms with Gasteiger partial charge in [-0.15, -0.1) is 0 Å². The van der Waals surface area contributed by atoms with Crippen LogP contribution in [0.4, 0.5) is 8.78 Å². The minimum absolute atomic E-state index is 0.119. The average molecular weight is 282 g/mol. The summed E-state index contributed by atoms with van der Waals surface area (Å²) < 4.78 is 35.1. The first kappa shape index (κ1) is 12.2. The number of pyridine rings is 1. The Hall–Kier alpha value is -0.910. The first-order chi connectivity index (χ1) is 7.15. The number of hydrogen-bond acceptors (Lipinski definition) is 3. The lowest BCUT2D eigenvalue weighted by atomic mass is 10.2. The second kappa shape index (κ2) is 5.25. The Morgan fingerprint density at radius 3 is 2.47 bits per heavy atom. The fourth-order valence-corrected chi connectivity index (χ4v) is 1.72. The molecule has 1 aromatic rings. The van der Waals surface area contributed by atoms with Crippen LogP contribution in [-0.4, -0.2) is 19.2 Å². The summed E-state index contributed by atoms with van der Waals surface area (Å²) in [5.74, 6) is 0.404. The normalized spacial score (nSPS) is 10.5. The van der Waals surface area contributed by atoms with E-state index in [-0.39, 0.29) is 17.2 Å². The Morgan fingerprint density at radius 1 is 1.40 bits per heavy atom. The van der Waals surface area contributed by atoms with Crippen molar-refractivity contribution in [2.24, 2.45) is 0 Å². The number of halogens is 3. The van der Waals surface area contributed by atoms with E-state index >= 15 is 0 Å². The molecule has 0 aliphatic rings. The summed E-state index contributed by atoms with van der Waals surface area (Å²) >= 11 is 3.18. The first-order valence-electron chi connectivity index (χ1n) is 4.09. The van der Waals surface area contributed by atoms with Crippen LogP contribution in [0.3, 0.4) is 0 Å². The van der Waals surface area contributed by atoms with Crippen molar-refractivity contribution in [2.75, 3.05) is 14.2 Å². The van der Waals surface area contributed by atoms with E-state index in [0.29, 0.717) is 10.9 Å². The van der Waals surface area contributed by atoms with Gasteiger partial charge in [0.2, 0.25) is 5.88 Å². The zero-order valence-electron chi connectivity index (χ0n) is 8.26. The zero-order valence-corrected chi connectivity index (χ0v) is 9.85. The van der Waals surface area contributed by atoms with Gasteiger partial charge in [-0.2, -0.15) is 0 Å². The van der Waals surface area contributed by atoms with Crippen LogP contribution < -0.4 is 9.47 Å². The molecule has 0 atom stereocenters. The minimum atomic E-state index is -2.61. The van der Waals surface area contributed by atoms with Crippen LogP contribution in [0.1, 0.15) is 17.6 Å². The maximum atomic E-state index is 12.6. The van der Waals surface area contributed by atoms with Crippen molar-refractivity contribution in [1.29, 1.82) is 0 Å². The van der Waals surface area contributed by atoms with Gasteiger partial charge >= 0.3 is 0 Å². The molecule has 1 heterocycles. The summed E-state index contributed by atoms with van der Waals surface area (Å²) in [7, 11) is 2.77. The lowest BCUT2D eigenvalue weighted by Gasteiger charge is -2.13. The van der Waals surface area contributed by atoms with E-state index in [1.807, 2.05) is 0 Å². The molecule has 0 amide bonds. The quantitative estimate of drug-likeness (QED) is 0.796. The highest BCUT2D eigenvalue weighted by Gasteiger charge is 2.20. The number of rotatable bonds is 4. The molecule has 1 aromatic heterocycles. The van der Waals surface area contributed by atoms with Crippen LogP contribution in [0.25, 0.3) is 0 Å². The van der Waals surface area contributed by atoms with E-state index in [9.17, 15) is 8.78 Å². The summed E-state index contributed by atoms with van der Waals surface area (Å²) in [6, 6.07) is 0. The topological polar surface area (TPSA) is 31.4 Å². The van der Waals surface area contributed by atoms with Gasteiger partial charge in [-0.1, -0.05) is 15.9 Å². The Balaban J connectivity index is 3.34. The maximum absolute atomic E-state index is 12.6. The van der Waals surface area contributed by atoms with Gasteiger partial charge < -0.3 is 9.47 Å². The van der Waals surface area contributed by atoms with E-state index in [1.165, 1.54) is 14.2 Å². The summed E-state index contributed by atoms with van der Waals surface area (Å²) in [4.78, 5) is 3.79. The Kier molecular flexibility index (Phi) is 4.26. The van der Waals surface area contributed by atoms with Crippen molar-refractivity contribution in [3.63, 3.8) is 0 Å². The molecule has 0 aliphatic heterocycles. The van der Waals surface area contributed by atoms with Crippen LogP contribution in [0.15, 0.2) is 6.20 Å². The third-order valence-corrected chi connectivity index (χ3v) is 2.44. The summed E-state index contributed by atoms with van der Waals surface area (Å²) in [6.07, 6.45) is -1.55. The highest BCUT2D eigenvalue weighted by Crippen LogP contribution is 2.36. The van der Waals surface area contributed by atoms with Gasteiger partial charge in [0, 0.05) is 11.5 Å². The molecule has 0 unspecified atom stereocenters. The van der Waals surface area contributed by atoms with Gasteiger partial charge in [-0.3, -0.25) is 0 Å². The number of methoxy groups -OCH3 is 2. The van der Waals surface area contributed by atoms with Crippen LogP contribution in [0, 0.1) is 0 Å². The van der Waals surface area contributed by atoms with Gasteiger partial charge in [0.05, 0.1) is 25.3 Å². The molecule has 0 saturated carbocycles. The van der Waals surface area contributed by atoms with E-state index in [0.717, 1.165) is 6.20 Å². The summed E-state index contributed by atoms with van der Waals surface area (Å²) in [5, 5.41) is 0.340. The molecule has 84 valence electrons. The third-order valence-electron chi connectivity index (χ3n) is 1.88. The fraction of sp³-hybridized carbons (Fsp3) is 0.444. The molecule has 0 aliphatic carbocycles. The predicted octanol–water partition coefficient (Wildman–Crippen LogP) is 2.93. The SMILES string of the molecule is COc1ncc(C(F)F)c(OC)c1CBr. The third kappa shape index (κ3) is 2.37. The van der Waals surface area contributed by atoms with E-state index in [2.05, 4.69) is 20.9 Å². The molecule has 6 heteroatoms. The molecule has 0 aromatic carbocycles. The smallest absolute Gasteiger partial charge is 0.268 e. The van der Waals surface area contributed by atoms with E-state index < -0.39 is 6.43 Å². The number of ether oxygens (including phenoxy) is 2. The lowest BCUT2D eigenvalue weighted by Crippen LogP contribution is -2.01. The Bertz CT molecular complexity index is 347.